The van der Waals surface area contributed by atoms with Crippen LogP contribution in [-0.2, 0) is 18.9 Å². The fraction of sp³-hybridized carbons (Fsp3) is 0.333. The number of aryl methyl sites for hydroxylation is 2. The molecule has 0 aliphatic rings. The van der Waals surface area contributed by atoms with Crippen molar-refractivity contribution in [3.05, 3.63) is 63.9 Å². The Labute approximate surface area is 175 Å². The summed E-state index contributed by atoms with van der Waals surface area (Å²) < 4.78 is 13.3. The number of nitrogens with zero attached hydrogens (tertiary/aromatic N) is 3. The van der Waals surface area contributed by atoms with Crippen molar-refractivity contribution in [3.63, 3.8) is 0 Å². The van der Waals surface area contributed by atoms with Crippen LogP contribution in [0.15, 0.2) is 41.6 Å². The Hall–Kier alpha value is -2.18. The van der Waals surface area contributed by atoms with E-state index in [1.165, 1.54) is 5.56 Å². The molecule has 0 N–H and O–H groups in total. The zero-order chi connectivity index (χ0) is 20.1. The zero-order valence-electron chi connectivity index (χ0n) is 16.5. The first-order chi connectivity index (χ1) is 13.5. The van der Waals surface area contributed by atoms with Crippen molar-refractivity contribution in [2.75, 3.05) is 7.11 Å². The van der Waals surface area contributed by atoms with E-state index in [2.05, 4.69) is 27.8 Å². The van der Waals surface area contributed by atoms with Crippen LogP contribution in [0, 0.1) is 13.8 Å². The van der Waals surface area contributed by atoms with Crippen molar-refractivity contribution >= 4 is 23.4 Å². The van der Waals surface area contributed by atoms with Gasteiger partial charge in [-0.05, 0) is 61.7 Å². The van der Waals surface area contributed by atoms with Crippen molar-refractivity contribution in [2.45, 2.75) is 44.8 Å². The molecule has 0 saturated carbocycles. The van der Waals surface area contributed by atoms with Gasteiger partial charge < -0.3 is 14.0 Å². The SMILES string of the molecule is CCn1c(COc2cc(C)c(Cl)c(C)c2)nnc1SCc1cccc(OC)c1. The maximum absolute atomic E-state index is 6.23. The van der Waals surface area contributed by atoms with E-state index in [0.29, 0.717) is 6.61 Å². The van der Waals surface area contributed by atoms with Gasteiger partial charge in [-0.1, -0.05) is 35.5 Å². The molecule has 1 aromatic heterocycles. The van der Waals surface area contributed by atoms with Crippen LogP contribution in [-0.4, -0.2) is 21.9 Å². The quantitative estimate of drug-likeness (QED) is 0.456. The summed E-state index contributed by atoms with van der Waals surface area (Å²) >= 11 is 7.88. The van der Waals surface area contributed by atoms with E-state index in [9.17, 15) is 0 Å². The van der Waals surface area contributed by atoms with Crippen LogP contribution in [0.1, 0.15) is 29.4 Å². The molecule has 0 aliphatic heterocycles. The minimum Gasteiger partial charge on any atom is -0.497 e. The van der Waals surface area contributed by atoms with Crippen LogP contribution in [0.25, 0.3) is 0 Å². The molecule has 0 atom stereocenters. The molecule has 28 heavy (non-hydrogen) atoms. The molecule has 5 nitrogen and oxygen atoms in total. The Morgan fingerprint density at radius 3 is 2.50 bits per heavy atom. The fourth-order valence-corrected chi connectivity index (χ4v) is 3.97. The molecule has 0 unspecified atom stereocenters. The molecule has 0 fully saturated rings. The third-order valence-electron chi connectivity index (χ3n) is 4.39. The summed E-state index contributed by atoms with van der Waals surface area (Å²) in [5.41, 5.74) is 3.19. The van der Waals surface area contributed by atoms with E-state index in [-0.39, 0.29) is 0 Å². The van der Waals surface area contributed by atoms with Gasteiger partial charge in [-0.15, -0.1) is 10.2 Å². The maximum atomic E-state index is 6.23. The molecule has 7 heteroatoms. The molecule has 0 saturated heterocycles. The van der Waals surface area contributed by atoms with Crippen molar-refractivity contribution < 1.29 is 9.47 Å². The summed E-state index contributed by atoms with van der Waals surface area (Å²) in [6, 6.07) is 11.9. The summed E-state index contributed by atoms with van der Waals surface area (Å²) in [5, 5.41) is 10.3. The largest absolute Gasteiger partial charge is 0.497 e. The van der Waals surface area contributed by atoms with Crippen LogP contribution >= 0.6 is 23.4 Å². The van der Waals surface area contributed by atoms with Gasteiger partial charge in [0.1, 0.15) is 18.1 Å². The summed E-state index contributed by atoms with van der Waals surface area (Å²) in [6.45, 7) is 7.18. The second kappa shape index (κ2) is 9.34. The van der Waals surface area contributed by atoms with E-state index in [0.717, 1.165) is 50.9 Å². The predicted octanol–water partition coefficient (Wildman–Crippen LogP) is 5.45. The predicted molar refractivity (Wildman–Crippen MR) is 114 cm³/mol. The Balaban J connectivity index is 1.68. The molecule has 3 aromatic rings. The Bertz CT molecular complexity index is 936. The number of benzene rings is 2. The van der Waals surface area contributed by atoms with Gasteiger partial charge in [0, 0.05) is 17.3 Å². The van der Waals surface area contributed by atoms with Crippen LogP contribution < -0.4 is 9.47 Å². The van der Waals surface area contributed by atoms with Crippen LogP contribution in [0.4, 0.5) is 0 Å². The van der Waals surface area contributed by atoms with Gasteiger partial charge in [0.2, 0.25) is 0 Å². The van der Waals surface area contributed by atoms with E-state index in [4.69, 9.17) is 21.1 Å². The number of ether oxygens (including phenoxy) is 2. The van der Waals surface area contributed by atoms with Crippen molar-refractivity contribution in [1.82, 2.24) is 14.8 Å². The molecule has 2 aromatic carbocycles. The first-order valence-electron chi connectivity index (χ1n) is 9.09. The molecule has 148 valence electrons. The normalized spacial score (nSPS) is 10.9. The minimum atomic E-state index is 0.362. The topological polar surface area (TPSA) is 49.2 Å². The monoisotopic (exact) mass is 417 g/mol. The highest BCUT2D eigenvalue weighted by atomic mass is 35.5. The van der Waals surface area contributed by atoms with Crippen molar-refractivity contribution in [3.8, 4) is 11.5 Å². The molecule has 1 heterocycles. The highest BCUT2D eigenvalue weighted by molar-refractivity contribution is 7.98. The molecular weight excluding hydrogens is 394 g/mol. The molecule has 0 spiro atoms. The lowest BCUT2D eigenvalue weighted by Gasteiger charge is -2.11. The average molecular weight is 418 g/mol. The number of hydrogen-bond donors (Lipinski definition) is 0. The second-order valence-corrected chi connectivity index (χ2v) is 7.76. The summed E-state index contributed by atoms with van der Waals surface area (Å²) in [7, 11) is 1.68. The molecule has 3 rings (SSSR count). The number of aromatic nitrogens is 3. The third-order valence-corrected chi connectivity index (χ3v) is 6.02. The van der Waals surface area contributed by atoms with Gasteiger partial charge >= 0.3 is 0 Å². The molecular formula is C21H24ClN3O2S. The number of rotatable bonds is 8. The lowest BCUT2D eigenvalue weighted by Crippen LogP contribution is -2.07. The van der Waals surface area contributed by atoms with Crippen molar-refractivity contribution in [1.29, 1.82) is 0 Å². The highest BCUT2D eigenvalue weighted by Gasteiger charge is 2.13. The standard InChI is InChI=1S/C21H24ClN3O2S/c1-5-25-19(12-27-18-9-14(2)20(22)15(3)10-18)23-24-21(25)28-13-16-7-6-8-17(11-16)26-4/h6-11H,5,12-13H2,1-4H3. The van der Waals surface area contributed by atoms with Gasteiger partial charge in [-0.25, -0.2) is 0 Å². The van der Waals surface area contributed by atoms with Crippen LogP contribution in [0.3, 0.4) is 0 Å². The fourth-order valence-electron chi connectivity index (χ4n) is 2.90. The van der Waals surface area contributed by atoms with Gasteiger partial charge in [-0.3, -0.25) is 0 Å². The number of thioether (sulfide) groups is 1. The Morgan fingerprint density at radius 1 is 1.07 bits per heavy atom. The third kappa shape index (κ3) is 4.80. The van der Waals surface area contributed by atoms with Gasteiger partial charge in [0.25, 0.3) is 0 Å². The van der Waals surface area contributed by atoms with Gasteiger partial charge in [0.05, 0.1) is 7.11 Å². The molecule has 0 amide bonds. The lowest BCUT2D eigenvalue weighted by molar-refractivity contribution is 0.288. The Morgan fingerprint density at radius 2 is 1.82 bits per heavy atom. The van der Waals surface area contributed by atoms with Gasteiger partial charge in [0.15, 0.2) is 11.0 Å². The zero-order valence-corrected chi connectivity index (χ0v) is 18.1. The van der Waals surface area contributed by atoms with E-state index < -0.39 is 0 Å². The smallest absolute Gasteiger partial charge is 0.191 e. The van der Waals surface area contributed by atoms with E-state index >= 15 is 0 Å². The number of methoxy groups -OCH3 is 1. The van der Waals surface area contributed by atoms with Gasteiger partial charge in [-0.2, -0.15) is 0 Å². The average Bonchev–Trinajstić information content (AvgIpc) is 3.10. The maximum Gasteiger partial charge on any atom is 0.191 e. The van der Waals surface area contributed by atoms with Crippen LogP contribution in [0.2, 0.25) is 5.02 Å². The lowest BCUT2D eigenvalue weighted by atomic mass is 10.1. The summed E-state index contributed by atoms with van der Waals surface area (Å²) in [5.74, 6) is 3.25. The molecule has 0 radical (unpaired) electrons. The number of hydrogen-bond acceptors (Lipinski definition) is 5. The summed E-state index contributed by atoms with van der Waals surface area (Å²) in [4.78, 5) is 0. The Kier molecular flexibility index (Phi) is 6.86. The second-order valence-electron chi connectivity index (χ2n) is 6.44. The highest BCUT2D eigenvalue weighted by Crippen LogP contribution is 2.27. The molecule has 0 aliphatic carbocycles. The molecule has 0 bridgehead atoms. The number of halogens is 1. The first-order valence-corrected chi connectivity index (χ1v) is 10.5. The minimum absolute atomic E-state index is 0.362. The summed E-state index contributed by atoms with van der Waals surface area (Å²) in [6.07, 6.45) is 0. The van der Waals surface area contributed by atoms with Crippen LogP contribution in [0.5, 0.6) is 11.5 Å². The van der Waals surface area contributed by atoms with E-state index in [1.54, 1.807) is 18.9 Å². The van der Waals surface area contributed by atoms with E-state index in [1.807, 2.05) is 44.2 Å². The first kappa shape index (κ1) is 20.6. The van der Waals surface area contributed by atoms with Crippen molar-refractivity contribution in [2.24, 2.45) is 0 Å².